The molecule has 1 N–H and O–H groups in total. The number of carboxylic acids is 1. The van der Waals surface area contributed by atoms with Crippen molar-refractivity contribution in [3.63, 3.8) is 0 Å². The molecule has 3 aromatic rings. The Bertz CT molecular complexity index is 690. The average Bonchev–Trinajstić information content (AvgIpc) is 2.96. The minimum atomic E-state index is -0.996. The fourth-order valence-electron chi connectivity index (χ4n) is 1.42. The third-order valence-electron chi connectivity index (χ3n) is 2.21. The number of oxazole rings is 1. The summed E-state index contributed by atoms with van der Waals surface area (Å²) < 4.78 is 9.17. The third-order valence-corrected chi connectivity index (χ3v) is 2.86. The summed E-state index contributed by atoms with van der Waals surface area (Å²) in [6.07, 6.45) is 1.55. The highest BCUT2D eigenvalue weighted by molar-refractivity contribution is 7.09. The van der Waals surface area contributed by atoms with E-state index >= 15 is 0 Å². The van der Waals surface area contributed by atoms with Crippen LogP contribution in [0.15, 0.2) is 28.8 Å². The van der Waals surface area contributed by atoms with Gasteiger partial charge in [-0.1, -0.05) is 4.49 Å². The van der Waals surface area contributed by atoms with E-state index in [-0.39, 0.29) is 5.56 Å². The predicted molar refractivity (Wildman–Crippen MR) is 59.9 cm³/mol. The van der Waals surface area contributed by atoms with Gasteiger partial charge in [-0.3, -0.25) is 0 Å². The lowest BCUT2D eigenvalue weighted by atomic mass is 10.2. The maximum Gasteiger partial charge on any atom is 0.335 e. The number of benzene rings is 1. The molecular formula is C10H5N3O3S. The van der Waals surface area contributed by atoms with Crippen LogP contribution in [0.25, 0.3) is 21.9 Å². The quantitative estimate of drug-likeness (QED) is 0.745. The lowest BCUT2D eigenvalue weighted by Gasteiger charge is -1.91. The van der Waals surface area contributed by atoms with Crippen LogP contribution in [-0.2, 0) is 0 Å². The van der Waals surface area contributed by atoms with E-state index in [1.54, 1.807) is 12.3 Å². The van der Waals surface area contributed by atoms with Gasteiger partial charge in [0.05, 0.1) is 11.8 Å². The Morgan fingerprint density at radius 3 is 3.00 bits per heavy atom. The van der Waals surface area contributed by atoms with Gasteiger partial charge in [-0.05, 0) is 29.7 Å². The van der Waals surface area contributed by atoms with Crippen molar-refractivity contribution in [1.29, 1.82) is 0 Å². The molecule has 0 saturated carbocycles. The maximum absolute atomic E-state index is 10.8. The van der Waals surface area contributed by atoms with Gasteiger partial charge < -0.3 is 9.52 Å². The molecule has 0 aliphatic rings. The topological polar surface area (TPSA) is 89.1 Å². The fourth-order valence-corrected chi connectivity index (χ4v) is 1.87. The molecule has 0 radical (unpaired) electrons. The van der Waals surface area contributed by atoms with E-state index in [1.807, 2.05) is 0 Å². The van der Waals surface area contributed by atoms with Gasteiger partial charge in [0.1, 0.15) is 10.4 Å². The summed E-state index contributed by atoms with van der Waals surface area (Å²) >= 11 is 1.17. The molecule has 0 amide bonds. The minimum Gasteiger partial charge on any atom is -0.478 e. The molecule has 17 heavy (non-hydrogen) atoms. The van der Waals surface area contributed by atoms with Crippen molar-refractivity contribution in [2.24, 2.45) is 0 Å². The van der Waals surface area contributed by atoms with Crippen molar-refractivity contribution in [1.82, 2.24) is 14.6 Å². The number of nitrogens with zero attached hydrogens (tertiary/aromatic N) is 3. The van der Waals surface area contributed by atoms with Crippen molar-refractivity contribution in [2.75, 3.05) is 0 Å². The van der Waals surface area contributed by atoms with E-state index in [0.29, 0.717) is 21.9 Å². The molecule has 2 heterocycles. The number of aromatic carboxylic acids is 1. The van der Waals surface area contributed by atoms with Crippen molar-refractivity contribution in [3.8, 4) is 10.8 Å². The molecule has 3 rings (SSSR count). The van der Waals surface area contributed by atoms with Gasteiger partial charge >= 0.3 is 5.97 Å². The molecule has 0 bridgehead atoms. The molecule has 0 aliphatic heterocycles. The Morgan fingerprint density at radius 1 is 1.41 bits per heavy atom. The summed E-state index contributed by atoms with van der Waals surface area (Å²) in [7, 11) is 0. The number of aromatic nitrogens is 3. The van der Waals surface area contributed by atoms with E-state index in [9.17, 15) is 4.79 Å². The molecule has 0 fully saturated rings. The summed E-state index contributed by atoms with van der Waals surface area (Å²) in [5.74, 6) is -0.596. The Kier molecular flexibility index (Phi) is 2.12. The van der Waals surface area contributed by atoms with E-state index in [2.05, 4.69) is 14.6 Å². The lowest BCUT2D eigenvalue weighted by Crippen LogP contribution is -1.94. The first kappa shape index (κ1) is 9.91. The number of fused-ring (bicyclic) bond motifs is 1. The first-order valence-electron chi connectivity index (χ1n) is 4.65. The summed E-state index contributed by atoms with van der Waals surface area (Å²) in [6.45, 7) is 0. The summed E-state index contributed by atoms with van der Waals surface area (Å²) in [4.78, 5) is 15.7. The minimum absolute atomic E-state index is 0.169. The summed E-state index contributed by atoms with van der Waals surface area (Å²) in [6, 6.07) is 4.55. The fraction of sp³-hybridized carbons (Fsp3) is 0. The zero-order valence-corrected chi connectivity index (χ0v) is 9.14. The van der Waals surface area contributed by atoms with Gasteiger partial charge in [-0.15, -0.1) is 5.10 Å². The molecular weight excluding hydrogens is 242 g/mol. The molecule has 2 aromatic heterocycles. The maximum atomic E-state index is 10.8. The van der Waals surface area contributed by atoms with Crippen LogP contribution >= 0.6 is 11.5 Å². The Labute approximate surface area is 98.7 Å². The first-order chi connectivity index (χ1) is 8.24. The molecule has 84 valence electrons. The van der Waals surface area contributed by atoms with Crippen molar-refractivity contribution >= 4 is 28.6 Å². The molecule has 1 aromatic carbocycles. The second-order valence-corrected chi connectivity index (χ2v) is 4.07. The molecule has 0 saturated heterocycles. The SMILES string of the molecule is O=C(O)c1ccc2nc(-c3cnns3)oc2c1. The number of hydrogen-bond donors (Lipinski definition) is 1. The van der Waals surface area contributed by atoms with E-state index in [1.165, 1.54) is 23.7 Å². The number of carboxylic acid groups (broad SMARTS) is 1. The van der Waals surface area contributed by atoms with Gasteiger partial charge in [-0.25, -0.2) is 9.78 Å². The van der Waals surface area contributed by atoms with Crippen LogP contribution in [0.5, 0.6) is 0 Å². The smallest absolute Gasteiger partial charge is 0.335 e. The Balaban J connectivity index is 2.16. The van der Waals surface area contributed by atoms with Gasteiger partial charge in [0.15, 0.2) is 5.58 Å². The molecule has 0 atom stereocenters. The van der Waals surface area contributed by atoms with Crippen LogP contribution in [-0.4, -0.2) is 25.6 Å². The van der Waals surface area contributed by atoms with Gasteiger partial charge in [0.25, 0.3) is 0 Å². The van der Waals surface area contributed by atoms with Crippen molar-refractivity contribution in [2.45, 2.75) is 0 Å². The Hall–Kier alpha value is -2.28. The second kappa shape index (κ2) is 3.63. The van der Waals surface area contributed by atoms with E-state index < -0.39 is 5.97 Å². The van der Waals surface area contributed by atoms with Crippen LogP contribution in [0.4, 0.5) is 0 Å². The summed E-state index contributed by atoms with van der Waals surface area (Å²) in [5, 5.41) is 12.5. The highest BCUT2D eigenvalue weighted by Gasteiger charge is 2.12. The second-order valence-electron chi connectivity index (χ2n) is 3.29. The van der Waals surface area contributed by atoms with Crippen molar-refractivity contribution < 1.29 is 14.3 Å². The van der Waals surface area contributed by atoms with Gasteiger partial charge in [-0.2, -0.15) is 0 Å². The van der Waals surface area contributed by atoms with Crippen LogP contribution in [0.3, 0.4) is 0 Å². The first-order valence-corrected chi connectivity index (χ1v) is 5.43. The van der Waals surface area contributed by atoms with E-state index in [0.717, 1.165) is 0 Å². The van der Waals surface area contributed by atoms with Crippen LogP contribution in [0, 0.1) is 0 Å². The third kappa shape index (κ3) is 1.66. The number of carbonyl (C=O) groups is 1. The number of hydrogen-bond acceptors (Lipinski definition) is 6. The Morgan fingerprint density at radius 2 is 2.29 bits per heavy atom. The lowest BCUT2D eigenvalue weighted by molar-refractivity contribution is 0.0697. The molecule has 0 spiro atoms. The van der Waals surface area contributed by atoms with Gasteiger partial charge in [0, 0.05) is 0 Å². The monoisotopic (exact) mass is 247 g/mol. The van der Waals surface area contributed by atoms with Crippen LogP contribution in [0.2, 0.25) is 0 Å². The van der Waals surface area contributed by atoms with Crippen LogP contribution in [0.1, 0.15) is 10.4 Å². The zero-order chi connectivity index (χ0) is 11.8. The molecule has 6 nitrogen and oxygen atoms in total. The zero-order valence-electron chi connectivity index (χ0n) is 8.32. The largest absolute Gasteiger partial charge is 0.478 e. The molecule has 0 aliphatic carbocycles. The normalized spacial score (nSPS) is 10.8. The van der Waals surface area contributed by atoms with Crippen LogP contribution < -0.4 is 0 Å². The van der Waals surface area contributed by atoms with E-state index in [4.69, 9.17) is 9.52 Å². The predicted octanol–water partition coefficient (Wildman–Crippen LogP) is 2.04. The molecule has 0 unspecified atom stereocenters. The highest BCUT2D eigenvalue weighted by Crippen LogP contribution is 2.26. The molecule has 7 heteroatoms. The standard InChI is InChI=1S/C10H5N3O3S/c14-10(15)5-1-2-6-7(3-5)16-9(12-6)8-4-11-13-17-8/h1-4H,(H,14,15). The van der Waals surface area contributed by atoms with Crippen molar-refractivity contribution in [3.05, 3.63) is 30.0 Å². The number of rotatable bonds is 2. The van der Waals surface area contributed by atoms with Gasteiger partial charge in [0.2, 0.25) is 5.89 Å². The summed E-state index contributed by atoms with van der Waals surface area (Å²) in [5.41, 5.74) is 1.22. The average molecular weight is 247 g/mol. The highest BCUT2D eigenvalue weighted by atomic mass is 32.1.